The first kappa shape index (κ1) is 21.9. The van der Waals surface area contributed by atoms with Gasteiger partial charge in [-0.3, -0.25) is 9.59 Å². The van der Waals surface area contributed by atoms with Crippen molar-refractivity contribution >= 4 is 43.3 Å². The zero-order chi connectivity index (χ0) is 20.2. The SMILES string of the molecule is CCCCN(C)C(=O)CCS(=O)(=O)c1cc(Br)cc2c1N(C(=O)CC)CC2. The summed E-state index contributed by atoms with van der Waals surface area (Å²) in [4.78, 5) is 27.8. The third-order valence-electron chi connectivity index (χ3n) is 4.79. The van der Waals surface area contributed by atoms with Crippen LogP contribution in [0.2, 0.25) is 0 Å². The van der Waals surface area contributed by atoms with Gasteiger partial charge in [0, 0.05) is 37.5 Å². The van der Waals surface area contributed by atoms with Gasteiger partial charge in [-0.25, -0.2) is 8.42 Å². The molecule has 0 radical (unpaired) electrons. The number of hydrogen-bond donors (Lipinski definition) is 0. The monoisotopic (exact) mass is 458 g/mol. The second-order valence-corrected chi connectivity index (χ2v) is 9.79. The topological polar surface area (TPSA) is 74.8 Å². The molecule has 150 valence electrons. The second-order valence-electron chi connectivity index (χ2n) is 6.80. The predicted octanol–water partition coefficient (Wildman–Crippen LogP) is 3.17. The molecule has 0 saturated carbocycles. The molecule has 0 N–H and O–H groups in total. The van der Waals surface area contributed by atoms with Crippen molar-refractivity contribution in [2.45, 2.75) is 50.8 Å². The zero-order valence-corrected chi connectivity index (χ0v) is 18.5. The van der Waals surface area contributed by atoms with Gasteiger partial charge in [0.2, 0.25) is 11.8 Å². The van der Waals surface area contributed by atoms with Crippen LogP contribution in [0.1, 0.15) is 45.1 Å². The number of hydrogen-bond acceptors (Lipinski definition) is 4. The molecule has 1 aliphatic heterocycles. The van der Waals surface area contributed by atoms with Crippen LogP contribution in [0.3, 0.4) is 0 Å². The Morgan fingerprint density at radius 3 is 2.59 bits per heavy atom. The first-order valence-electron chi connectivity index (χ1n) is 9.30. The maximum absolute atomic E-state index is 13.0. The molecular formula is C19H27BrN2O4S. The largest absolute Gasteiger partial charge is 0.346 e. The minimum atomic E-state index is -3.70. The van der Waals surface area contributed by atoms with E-state index in [0.29, 0.717) is 36.1 Å². The number of carbonyl (C=O) groups excluding carboxylic acids is 2. The molecule has 8 heteroatoms. The molecule has 0 aromatic heterocycles. The van der Waals surface area contributed by atoms with E-state index in [2.05, 4.69) is 15.9 Å². The number of rotatable bonds is 8. The van der Waals surface area contributed by atoms with Crippen molar-refractivity contribution in [3.8, 4) is 0 Å². The number of unbranched alkanes of at least 4 members (excludes halogenated alkanes) is 1. The van der Waals surface area contributed by atoms with Crippen LogP contribution in [-0.4, -0.2) is 51.0 Å². The van der Waals surface area contributed by atoms with Gasteiger partial charge in [-0.2, -0.15) is 0 Å². The lowest BCUT2D eigenvalue weighted by molar-refractivity contribution is -0.129. The molecule has 27 heavy (non-hydrogen) atoms. The molecule has 0 unspecified atom stereocenters. The number of fused-ring (bicyclic) bond motifs is 1. The molecule has 6 nitrogen and oxygen atoms in total. The summed E-state index contributed by atoms with van der Waals surface area (Å²) in [6.07, 6.45) is 2.74. The number of amides is 2. The molecule has 1 aromatic carbocycles. The number of halogens is 1. The highest BCUT2D eigenvalue weighted by atomic mass is 79.9. The summed E-state index contributed by atoms with van der Waals surface area (Å²) in [6, 6.07) is 3.40. The Kier molecular flexibility index (Phi) is 7.45. The molecule has 0 fully saturated rings. The van der Waals surface area contributed by atoms with E-state index in [-0.39, 0.29) is 28.9 Å². The van der Waals surface area contributed by atoms with Gasteiger partial charge >= 0.3 is 0 Å². The molecule has 2 amide bonds. The zero-order valence-electron chi connectivity index (χ0n) is 16.1. The Hall–Kier alpha value is -1.41. The summed E-state index contributed by atoms with van der Waals surface area (Å²) in [5.74, 6) is -0.539. The van der Waals surface area contributed by atoms with E-state index in [1.54, 1.807) is 29.8 Å². The molecule has 1 aliphatic rings. The lowest BCUT2D eigenvalue weighted by atomic mass is 10.2. The van der Waals surface area contributed by atoms with Gasteiger partial charge in [0.05, 0.1) is 16.3 Å². The van der Waals surface area contributed by atoms with Crippen molar-refractivity contribution in [3.63, 3.8) is 0 Å². The van der Waals surface area contributed by atoms with Gasteiger partial charge in [-0.1, -0.05) is 36.2 Å². The van der Waals surface area contributed by atoms with Gasteiger partial charge in [0.15, 0.2) is 9.84 Å². The van der Waals surface area contributed by atoms with E-state index in [9.17, 15) is 18.0 Å². The maximum atomic E-state index is 13.0. The number of benzene rings is 1. The Morgan fingerprint density at radius 2 is 1.96 bits per heavy atom. The number of sulfone groups is 1. The fourth-order valence-corrected chi connectivity index (χ4v) is 5.35. The molecule has 1 aromatic rings. The molecule has 0 saturated heterocycles. The first-order chi connectivity index (χ1) is 12.7. The van der Waals surface area contributed by atoms with E-state index in [0.717, 1.165) is 18.4 Å². The average Bonchev–Trinajstić information content (AvgIpc) is 3.06. The summed E-state index contributed by atoms with van der Waals surface area (Å²) in [7, 11) is -2.01. The molecule has 1 heterocycles. The van der Waals surface area contributed by atoms with E-state index in [1.807, 2.05) is 13.0 Å². The van der Waals surface area contributed by atoms with Crippen LogP contribution in [0, 0.1) is 0 Å². The summed E-state index contributed by atoms with van der Waals surface area (Å²) in [5.41, 5.74) is 1.33. The minimum Gasteiger partial charge on any atom is -0.346 e. The molecule has 0 atom stereocenters. The molecule has 2 rings (SSSR count). The fourth-order valence-electron chi connectivity index (χ4n) is 3.19. The van der Waals surface area contributed by atoms with Crippen LogP contribution in [-0.2, 0) is 25.8 Å². The highest BCUT2D eigenvalue weighted by molar-refractivity contribution is 9.10. The van der Waals surface area contributed by atoms with Crippen LogP contribution in [0.25, 0.3) is 0 Å². The number of nitrogens with zero attached hydrogens (tertiary/aromatic N) is 2. The van der Waals surface area contributed by atoms with Crippen molar-refractivity contribution in [1.29, 1.82) is 0 Å². The van der Waals surface area contributed by atoms with Crippen molar-refractivity contribution in [2.75, 3.05) is 30.8 Å². The normalized spacial score (nSPS) is 13.6. The van der Waals surface area contributed by atoms with Crippen LogP contribution < -0.4 is 4.90 Å². The number of carbonyl (C=O) groups is 2. The Balaban J connectivity index is 2.26. The first-order valence-corrected chi connectivity index (χ1v) is 11.7. The summed E-state index contributed by atoms with van der Waals surface area (Å²) >= 11 is 3.37. The van der Waals surface area contributed by atoms with Gasteiger partial charge in [-0.05, 0) is 30.5 Å². The molecule has 0 spiro atoms. The average molecular weight is 459 g/mol. The molecule has 0 aliphatic carbocycles. The smallest absolute Gasteiger partial charge is 0.226 e. The molecular weight excluding hydrogens is 432 g/mol. The van der Waals surface area contributed by atoms with Crippen molar-refractivity contribution < 1.29 is 18.0 Å². The standard InChI is InChI=1S/C19H27BrN2O4S/c1-4-6-9-21(3)18(24)8-11-27(25,26)16-13-15(20)12-14-7-10-22(19(14)16)17(23)5-2/h12-13H,4-11H2,1-3H3. The van der Waals surface area contributed by atoms with Crippen LogP contribution >= 0.6 is 15.9 Å². The second kappa shape index (κ2) is 9.19. The lowest BCUT2D eigenvalue weighted by Crippen LogP contribution is -2.31. The molecule has 0 bridgehead atoms. The van der Waals surface area contributed by atoms with E-state index >= 15 is 0 Å². The summed E-state index contributed by atoms with van der Waals surface area (Å²) in [5, 5.41) is 0. The van der Waals surface area contributed by atoms with E-state index < -0.39 is 9.84 Å². The van der Waals surface area contributed by atoms with E-state index in [4.69, 9.17) is 0 Å². The Bertz CT molecular complexity index is 823. The van der Waals surface area contributed by atoms with Crippen LogP contribution in [0.4, 0.5) is 5.69 Å². The highest BCUT2D eigenvalue weighted by Crippen LogP contribution is 2.38. The highest BCUT2D eigenvalue weighted by Gasteiger charge is 2.32. The minimum absolute atomic E-state index is 0.0639. The predicted molar refractivity (Wildman–Crippen MR) is 110 cm³/mol. The van der Waals surface area contributed by atoms with E-state index in [1.165, 1.54) is 0 Å². The lowest BCUT2D eigenvalue weighted by Gasteiger charge is -2.21. The Morgan fingerprint density at radius 1 is 1.26 bits per heavy atom. The van der Waals surface area contributed by atoms with Crippen LogP contribution in [0.5, 0.6) is 0 Å². The van der Waals surface area contributed by atoms with Crippen molar-refractivity contribution in [3.05, 3.63) is 22.2 Å². The summed E-state index contributed by atoms with van der Waals surface area (Å²) in [6.45, 7) is 4.91. The third-order valence-corrected chi connectivity index (χ3v) is 6.97. The van der Waals surface area contributed by atoms with Gasteiger partial charge in [0.1, 0.15) is 0 Å². The van der Waals surface area contributed by atoms with Gasteiger partial charge in [-0.15, -0.1) is 0 Å². The van der Waals surface area contributed by atoms with Crippen LogP contribution in [0.15, 0.2) is 21.5 Å². The quantitative estimate of drug-likeness (QED) is 0.599. The van der Waals surface area contributed by atoms with Crippen molar-refractivity contribution in [1.82, 2.24) is 4.90 Å². The Labute approximate surface area is 170 Å². The summed E-state index contributed by atoms with van der Waals surface area (Å²) < 4.78 is 26.7. The van der Waals surface area contributed by atoms with Crippen molar-refractivity contribution in [2.24, 2.45) is 0 Å². The maximum Gasteiger partial charge on any atom is 0.226 e. The number of anilines is 1. The van der Waals surface area contributed by atoms with Gasteiger partial charge in [0.25, 0.3) is 0 Å². The van der Waals surface area contributed by atoms with Gasteiger partial charge < -0.3 is 9.80 Å². The fraction of sp³-hybridized carbons (Fsp3) is 0.579. The third kappa shape index (κ3) is 5.10.